The Bertz CT molecular complexity index is 801. The molecule has 0 saturated heterocycles. The van der Waals surface area contributed by atoms with Crippen LogP contribution >= 0.6 is 0 Å². The summed E-state index contributed by atoms with van der Waals surface area (Å²) in [7, 11) is 0. The summed E-state index contributed by atoms with van der Waals surface area (Å²) in [6, 6.07) is 15.1. The van der Waals surface area contributed by atoms with E-state index in [2.05, 4.69) is 38.2 Å². The molecule has 0 saturated carbocycles. The number of rotatable bonds is 7. The smallest absolute Gasteiger partial charge is 0.248 e. The summed E-state index contributed by atoms with van der Waals surface area (Å²) in [6.07, 6.45) is 3.45. The molecule has 0 spiro atoms. The topological polar surface area (TPSA) is 81.4 Å². The molecule has 2 aromatic carbocycles. The van der Waals surface area contributed by atoms with Gasteiger partial charge in [-0.3, -0.25) is 9.59 Å². The third kappa shape index (κ3) is 6.98. The molecule has 2 amide bonds. The molecule has 5 nitrogen and oxygen atoms in total. The monoisotopic (exact) mass is 366 g/mol. The van der Waals surface area contributed by atoms with E-state index in [4.69, 9.17) is 10.5 Å². The van der Waals surface area contributed by atoms with Gasteiger partial charge >= 0.3 is 0 Å². The number of amides is 2. The van der Waals surface area contributed by atoms with Crippen LogP contribution in [-0.2, 0) is 15.0 Å². The van der Waals surface area contributed by atoms with Gasteiger partial charge < -0.3 is 15.8 Å². The van der Waals surface area contributed by atoms with Gasteiger partial charge in [-0.2, -0.15) is 0 Å². The normalized spacial score (nSPS) is 11.4. The van der Waals surface area contributed by atoms with E-state index in [0.717, 1.165) is 5.56 Å². The van der Waals surface area contributed by atoms with Crippen LogP contribution in [0.15, 0.2) is 54.6 Å². The molecule has 0 aliphatic rings. The van der Waals surface area contributed by atoms with Crippen LogP contribution in [0.25, 0.3) is 6.08 Å². The lowest BCUT2D eigenvalue weighted by atomic mass is 9.87. The molecule has 0 fully saturated rings. The average molecular weight is 366 g/mol. The second-order valence-corrected chi connectivity index (χ2v) is 7.28. The van der Waals surface area contributed by atoms with Crippen molar-refractivity contribution in [2.24, 2.45) is 5.73 Å². The van der Waals surface area contributed by atoms with Gasteiger partial charge in [-0.05, 0) is 46.9 Å². The first kappa shape index (κ1) is 20.2. The third-order valence-electron chi connectivity index (χ3n) is 3.94. The minimum atomic E-state index is -0.404. The summed E-state index contributed by atoms with van der Waals surface area (Å²) in [5.74, 6) is -0.000240. The summed E-state index contributed by atoms with van der Waals surface area (Å²) in [5.41, 5.74) is 8.05. The second-order valence-electron chi connectivity index (χ2n) is 7.28. The lowest BCUT2D eigenvalue weighted by molar-refractivity contribution is -0.118. The zero-order chi connectivity index (χ0) is 19.9. The highest BCUT2D eigenvalue weighted by molar-refractivity contribution is 6.01. The summed E-state index contributed by atoms with van der Waals surface area (Å²) in [6.45, 7) is 6.73. The Labute approximate surface area is 160 Å². The zero-order valence-electron chi connectivity index (χ0n) is 16.0. The van der Waals surface area contributed by atoms with Crippen molar-refractivity contribution in [1.29, 1.82) is 0 Å². The first-order chi connectivity index (χ1) is 12.7. The van der Waals surface area contributed by atoms with Gasteiger partial charge in [0.25, 0.3) is 0 Å². The van der Waals surface area contributed by atoms with Gasteiger partial charge in [-0.15, -0.1) is 0 Å². The highest BCUT2D eigenvalue weighted by Crippen LogP contribution is 2.22. The van der Waals surface area contributed by atoms with Crippen molar-refractivity contribution in [3.8, 4) is 5.75 Å². The highest BCUT2D eigenvalue weighted by Gasteiger charge is 2.12. The van der Waals surface area contributed by atoms with Gasteiger partial charge in [0.05, 0.1) is 13.0 Å². The highest BCUT2D eigenvalue weighted by atomic mass is 16.5. The maximum absolute atomic E-state index is 12.1. The molecule has 0 aromatic heterocycles. The predicted molar refractivity (Wildman–Crippen MR) is 109 cm³/mol. The maximum atomic E-state index is 12.1. The van der Waals surface area contributed by atoms with Crippen LogP contribution in [0.1, 0.15) is 38.3 Å². The van der Waals surface area contributed by atoms with Crippen LogP contribution in [0, 0.1) is 0 Å². The molecule has 0 atom stereocenters. The molecule has 27 heavy (non-hydrogen) atoms. The van der Waals surface area contributed by atoms with Gasteiger partial charge in [-0.1, -0.05) is 45.0 Å². The minimum Gasteiger partial charge on any atom is -0.493 e. The van der Waals surface area contributed by atoms with Crippen LogP contribution in [0.3, 0.4) is 0 Å². The van der Waals surface area contributed by atoms with Crippen LogP contribution in [0.2, 0.25) is 0 Å². The van der Waals surface area contributed by atoms with Crippen LogP contribution in [-0.4, -0.2) is 18.4 Å². The largest absolute Gasteiger partial charge is 0.493 e. The van der Waals surface area contributed by atoms with E-state index >= 15 is 0 Å². The molecule has 2 aromatic rings. The quantitative estimate of drug-likeness (QED) is 0.730. The molecule has 5 heteroatoms. The number of benzene rings is 2. The Hall–Kier alpha value is -3.08. The number of hydrogen-bond donors (Lipinski definition) is 2. The Balaban J connectivity index is 1.87. The summed E-state index contributed by atoms with van der Waals surface area (Å²) < 4.78 is 5.39. The maximum Gasteiger partial charge on any atom is 0.248 e. The average Bonchev–Trinajstić information content (AvgIpc) is 2.61. The molecule has 0 aliphatic carbocycles. The van der Waals surface area contributed by atoms with Gasteiger partial charge in [0.15, 0.2) is 0 Å². The van der Waals surface area contributed by atoms with Gasteiger partial charge in [0, 0.05) is 11.8 Å². The van der Waals surface area contributed by atoms with E-state index in [0.29, 0.717) is 11.4 Å². The molecule has 0 radical (unpaired) electrons. The van der Waals surface area contributed by atoms with Crippen molar-refractivity contribution >= 4 is 23.6 Å². The number of hydrogen-bond acceptors (Lipinski definition) is 3. The minimum absolute atomic E-state index is 0.106. The molecule has 142 valence electrons. The van der Waals surface area contributed by atoms with Gasteiger partial charge in [0.1, 0.15) is 5.75 Å². The molecular weight excluding hydrogens is 340 g/mol. The van der Waals surface area contributed by atoms with E-state index in [9.17, 15) is 9.59 Å². The number of primary amides is 1. The predicted octanol–water partition coefficient (Wildman–Crippen LogP) is 3.89. The van der Waals surface area contributed by atoms with E-state index in [-0.39, 0.29) is 24.3 Å². The number of carbonyl (C=O) groups excluding carboxylic acids is 2. The number of carbonyl (C=O) groups is 2. The first-order valence-corrected chi connectivity index (χ1v) is 8.85. The van der Waals surface area contributed by atoms with E-state index in [1.807, 2.05) is 12.1 Å². The Kier molecular flexibility index (Phi) is 6.77. The van der Waals surface area contributed by atoms with E-state index < -0.39 is 5.91 Å². The van der Waals surface area contributed by atoms with E-state index in [1.54, 1.807) is 30.3 Å². The molecular formula is C22H26N2O3. The first-order valence-electron chi connectivity index (χ1n) is 8.85. The van der Waals surface area contributed by atoms with Gasteiger partial charge in [-0.25, -0.2) is 0 Å². The molecule has 3 N–H and O–H groups in total. The summed E-state index contributed by atoms with van der Waals surface area (Å²) >= 11 is 0. The molecule has 2 rings (SSSR count). The molecule has 0 heterocycles. The summed E-state index contributed by atoms with van der Waals surface area (Å²) in [5, 5.41) is 2.79. The fourth-order valence-corrected chi connectivity index (χ4v) is 2.35. The lowest BCUT2D eigenvalue weighted by Gasteiger charge is -2.18. The fraction of sp³-hybridized carbons (Fsp3) is 0.273. The lowest BCUT2D eigenvalue weighted by Crippen LogP contribution is -2.14. The van der Waals surface area contributed by atoms with Crippen molar-refractivity contribution < 1.29 is 14.3 Å². The van der Waals surface area contributed by atoms with Crippen molar-refractivity contribution in [3.63, 3.8) is 0 Å². The van der Waals surface area contributed by atoms with Crippen molar-refractivity contribution in [1.82, 2.24) is 0 Å². The van der Waals surface area contributed by atoms with Crippen molar-refractivity contribution in [2.75, 3.05) is 11.9 Å². The zero-order valence-corrected chi connectivity index (χ0v) is 16.0. The van der Waals surface area contributed by atoms with Crippen LogP contribution < -0.4 is 15.8 Å². The number of ether oxygens (including phenoxy) is 1. The van der Waals surface area contributed by atoms with E-state index in [1.165, 1.54) is 11.6 Å². The number of nitrogens with two attached hydrogens (primary N) is 1. The third-order valence-corrected chi connectivity index (χ3v) is 3.94. The fourth-order valence-electron chi connectivity index (χ4n) is 2.35. The SMILES string of the molecule is CC(C)(C)c1ccc(/C=C/C(=O)Nc2ccc(OCCC(N)=O)cc2)cc1. The number of nitrogens with one attached hydrogen (secondary N) is 1. The Morgan fingerprint density at radius 1 is 1.04 bits per heavy atom. The standard InChI is InChI=1S/C22H26N2O3/c1-22(2,3)17-7-4-16(5-8-17)6-13-21(26)24-18-9-11-19(12-10-18)27-15-14-20(23)25/h4-13H,14-15H2,1-3H3,(H2,23,25)(H,24,26)/b13-6+. The van der Waals surface area contributed by atoms with Crippen molar-refractivity contribution in [3.05, 3.63) is 65.7 Å². The van der Waals surface area contributed by atoms with Crippen LogP contribution in [0.4, 0.5) is 5.69 Å². The summed E-state index contributed by atoms with van der Waals surface area (Å²) in [4.78, 5) is 22.7. The molecule has 0 aliphatic heterocycles. The van der Waals surface area contributed by atoms with Crippen LogP contribution in [0.5, 0.6) is 5.75 Å². The Morgan fingerprint density at radius 2 is 1.67 bits per heavy atom. The van der Waals surface area contributed by atoms with Gasteiger partial charge in [0.2, 0.25) is 11.8 Å². The Morgan fingerprint density at radius 3 is 2.22 bits per heavy atom. The van der Waals surface area contributed by atoms with Crippen molar-refractivity contribution in [2.45, 2.75) is 32.6 Å². The second kappa shape index (κ2) is 9.03. The molecule has 0 unspecified atom stereocenters. The molecule has 0 bridgehead atoms. The number of anilines is 1.